The van der Waals surface area contributed by atoms with Gasteiger partial charge in [-0.2, -0.15) is 8.42 Å². The van der Waals surface area contributed by atoms with Crippen molar-refractivity contribution in [3.05, 3.63) is 0 Å². The van der Waals surface area contributed by atoms with Crippen molar-refractivity contribution < 1.29 is 86.5 Å². The Morgan fingerprint density at radius 1 is 0.775 bits per heavy atom. The predicted octanol–water partition coefficient (Wildman–Crippen LogP) is -6.57. The number of carbonyl (C=O) groups excluding carboxylic acids is 1. The molecule has 3 fully saturated rings. The standard InChI is InChI=1S/C20H35NO18S/c1-5-10(25)11(26)13(28)19(34-5)38-17-9(21-6(2)24)18(30)35-8(4-23)16(17)37-20-14(29)12(27)15(7(3-22)36-20)39-40(31,32)33/h5,7-20,22-23,25-30H,3-4H2,1-2H3,(H,21,24)(H,31,32,33)/t5-,7+,8+,9+,10+,11+,12+,13-,14+,15-,16+,17+,18+,19-,20-/m0/s1. The number of hydrogen-bond donors (Lipinski definition) is 10. The van der Waals surface area contributed by atoms with Gasteiger partial charge in [-0.1, -0.05) is 0 Å². The second-order valence-electron chi connectivity index (χ2n) is 9.55. The molecule has 0 spiro atoms. The van der Waals surface area contributed by atoms with Gasteiger partial charge in [-0.15, -0.1) is 0 Å². The minimum Gasteiger partial charge on any atom is -0.394 e. The van der Waals surface area contributed by atoms with E-state index in [9.17, 15) is 54.1 Å². The van der Waals surface area contributed by atoms with Crippen LogP contribution in [0.1, 0.15) is 13.8 Å². The van der Waals surface area contributed by atoms with Crippen molar-refractivity contribution >= 4 is 16.3 Å². The molecule has 40 heavy (non-hydrogen) atoms. The Labute approximate surface area is 227 Å². The lowest BCUT2D eigenvalue weighted by Crippen LogP contribution is -2.69. The molecule has 1 amide bonds. The van der Waals surface area contributed by atoms with Crippen molar-refractivity contribution in [1.82, 2.24) is 5.32 Å². The Morgan fingerprint density at radius 2 is 1.30 bits per heavy atom. The van der Waals surface area contributed by atoms with Gasteiger partial charge in [-0.3, -0.25) is 9.35 Å². The van der Waals surface area contributed by atoms with Crippen molar-refractivity contribution in [2.75, 3.05) is 13.2 Å². The van der Waals surface area contributed by atoms with Gasteiger partial charge in [0.05, 0.1) is 19.3 Å². The van der Waals surface area contributed by atoms with Crippen LogP contribution >= 0.6 is 0 Å². The molecule has 0 aromatic carbocycles. The Morgan fingerprint density at radius 3 is 1.85 bits per heavy atom. The van der Waals surface area contributed by atoms with Crippen LogP contribution in [0.25, 0.3) is 0 Å². The van der Waals surface area contributed by atoms with Crippen LogP contribution in [0.2, 0.25) is 0 Å². The molecular weight excluding hydrogens is 574 g/mol. The zero-order chi connectivity index (χ0) is 30.1. The predicted molar refractivity (Wildman–Crippen MR) is 122 cm³/mol. The first-order chi connectivity index (χ1) is 18.6. The summed E-state index contributed by atoms with van der Waals surface area (Å²) in [6.07, 6.45) is -24.3. The number of aliphatic hydroxyl groups excluding tert-OH is 8. The molecule has 3 aliphatic heterocycles. The molecule has 0 saturated carbocycles. The molecule has 0 aromatic rings. The quantitative estimate of drug-likeness (QED) is 0.109. The van der Waals surface area contributed by atoms with Crippen LogP contribution in [0.4, 0.5) is 0 Å². The second kappa shape index (κ2) is 13.4. The van der Waals surface area contributed by atoms with E-state index in [1.165, 1.54) is 6.92 Å². The monoisotopic (exact) mass is 609 g/mol. The number of hydrogen-bond acceptors (Lipinski definition) is 17. The molecule has 0 unspecified atom stereocenters. The first-order valence-corrected chi connectivity index (χ1v) is 13.5. The highest BCUT2D eigenvalue weighted by Crippen LogP contribution is 2.33. The van der Waals surface area contributed by atoms with E-state index in [0.29, 0.717) is 0 Å². The van der Waals surface area contributed by atoms with Crippen molar-refractivity contribution in [2.24, 2.45) is 0 Å². The van der Waals surface area contributed by atoms with Gasteiger partial charge in [0.25, 0.3) is 0 Å². The summed E-state index contributed by atoms with van der Waals surface area (Å²) < 4.78 is 63.2. The lowest BCUT2D eigenvalue weighted by atomic mass is 9.94. The van der Waals surface area contributed by atoms with Gasteiger partial charge >= 0.3 is 10.4 Å². The average Bonchev–Trinajstić information content (AvgIpc) is 2.87. The van der Waals surface area contributed by atoms with Gasteiger partial charge in [0.15, 0.2) is 18.9 Å². The van der Waals surface area contributed by atoms with Crippen molar-refractivity contribution in [3.8, 4) is 0 Å². The van der Waals surface area contributed by atoms with Crippen molar-refractivity contribution in [1.29, 1.82) is 0 Å². The first-order valence-electron chi connectivity index (χ1n) is 12.1. The van der Waals surface area contributed by atoms with E-state index >= 15 is 0 Å². The van der Waals surface area contributed by atoms with Crippen LogP contribution in [-0.2, 0) is 43.1 Å². The van der Waals surface area contributed by atoms with Gasteiger partial charge in [-0.05, 0) is 6.92 Å². The maximum absolute atomic E-state index is 11.9. The van der Waals surface area contributed by atoms with Gasteiger partial charge < -0.3 is 69.9 Å². The summed E-state index contributed by atoms with van der Waals surface area (Å²) in [4.78, 5) is 11.9. The fourth-order valence-electron chi connectivity index (χ4n) is 4.64. The summed E-state index contributed by atoms with van der Waals surface area (Å²) in [7, 11) is -5.17. The minimum absolute atomic E-state index is 0.702. The molecule has 19 nitrogen and oxygen atoms in total. The number of nitrogens with one attached hydrogen (secondary N) is 1. The van der Waals surface area contributed by atoms with Crippen LogP contribution in [0.5, 0.6) is 0 Å². The lowest BCUT2D eigenvalue weighted by Gasteiger charge is -2.49. The maximum Gasteiger partial charge on any atom is 0.397 e. The summed E-state index contributed by atoms with van der Waals surface area (Å²) >= 11 is 0. The third-order valence-corrected chi connectivity index (χ3v) is 7.13. The average molecular weight is 610 g/mol. The molecule has 3 saturated heterocycles. The summed E-state index contributed by atoms with van der Waals surface area (Å²) in [5.41, 5.74) is 0. The fourth-order valence-corrected chi connectivity index (χ4v) is 5.16. The number of rotatable bonds is 9. The fraction of sp³-hybridized carbons (Fsp3) is 0.950. The summed E-state index contributed by atoms with van der Waals surface area (Å²) in [5.74, 6) is -0.702. The van der Waals surface area contributed by atoms with Crippen LogP contribution < -0.4 is 5.32 Å². The van der Waals surface area contributed by atoms with Crippen LogP contribution in [0.3, 0.4) is 0 Å². The Hall–Kier alpha value is -1.18. The highest BCUT2D eigenvalue weighted by Gasteiger charge is 2.54. The molecule has 3 rings (SSSR count). The number of aliphatic hydroxyl groups is 8. The molecule has 15 atom stereocenters. The Kier molecular flexibility index (Phi) is 11.2. The van der Waals surface area contributed by atoms with Crippen LogP contribution in [0, 0.1) is 0 Å². The highest BCUT2D eigenvalue weighted by molar-refractivity contribution is 7.80. The largest absolute Gasteiger partial charge is 0.397 e. The van der Waals surface area contributed by atoms with Gasteiger partial charge in [0, 0.05) is 6.92 Å². The molecule has 234 valence electrons. The molecule has 0 radical (unpaired) electrons. The van der Waals surface area contributed by atoms with E-state index in [-0.39, 0.29) is 0 Å². The minimum atomic E-state index is -5.17. The van der Waals surface area contributed by atoms with E-state index in [2.05, 4.69) is 9.50 Å². The molecular formula is C20H35NO18S. The SMILES string of the molecule is CC(=O)N[C@@H]1[C@@H](O[C@@H]2O[C@@H](C)[C@@H](O)[C@@H](O)[C@@H]2O)[C@H](O[C@@H]2O[C@H](CO)[C@H](OS(=O)(=O)O)[C@H](O)[C@H]2O)[C@@H](CO)O[C@H]1O. The smallest absolute Gasteiger partial charge is 0.394 e. The van der Waals surface area contributed by atoms with E-state index in [1.54, 1.807) is 0 Å². The molecule has 3 aliphatic rings. The second-order valence-corrected chi connectivity index (χ2v) is 10.6. The highest BCUT2D eigenvalue weighted by atomic mass is 32.3. The molecule has 0 aliphatic carbocycles. The molecule has 3 heterocycles. The lowest BCUT2D eigenvalue weighted by molar-refractivity contribution is -0.369. The van der Waals surface area contributed by atoms with Crippen LogP contribution in [0.15, 0.2) is 0 Å². The van der Waals surface area contributed by atoms with E-state index in [0.717, 1.165) is 6.92 Å². The molecule has 0 aromatic heterocycles. The van der Waals surface area contributed by atoms with Gasteiger partial charge in [0.1, 0.15) is 67.1 Å². The zero-order valence-electron chi connectivity index (χ0n) is 21.2. The molecule has 10 N–H and O–H groups in total. The van der Waals surface area contributed by atoms with Gasteiger partial charge in [0.2, 0.25) is 5.91 Å². The van der Waals surface area contributed by atoms with E-state index in [4.69, 9.17) is 28.2 Å². The Bertz CT molecular complexity index is 954. The zero-order valence-corrected chi connectivity index (χ0v) is 22.0. The number of ether oxygens (including phenoxy) is 5. The van der Waals surface area contributed by atoms with E-state index < -0.39 is 122 Å². The molecule has 0 bridgehead atoms. The van der Waals surface area contributed by atoms with Crippen molar-refractivity contribution in [2.45, 2.75) is 106 Å². The number of amides is 1. The van der Waals surface area contributed by atoms with Crippen molar-refractivity contribution in [3.63, 3.8) is 0 Å². The molecule has 20 heteroatoms. The van der Waals surface area contributed by atoms with E-state index in [1.807, 2.05) is 0 Å². The normalized spacial score (nSPS) is 46.6. The third kappa shape index (κ3) is 7.42. The summed E-state index contributed by atoms with van der Waals surface area (Å²) in [5, 5.41) is 84.1. The summed E-state index contributed by atoms with van der Waals surface area (Å²) in [6.45, 7) is 0.571. The Balaban J connectivity index is 1.93. The topological polar surface area (TPSA) is 301 Å². The number of carbonyl (C=O) groups is 1. The van der Waals surface area contributed by atoms with Crippen LogP contribution in [-0.4, -0.2) is 165 Å². The maximum atomic E-state index is 11.9. The summed E-state index contributed by atoms with van der Waals surface area (Å²) in [6, 6.07) is -1.50. The van der Waals surface area contributed by atoms with Gasteiger partial charge in [-0.25, -0.2) is 4.18 Å². The third-order valence-electron chi connectivity index (χ3n) is 6.66. The first kappa shape index (κ1) is 33.3.